The molecule has 150 valence electrons. The van der Waals surface area contributed by atoms with Crippen LogP contribution in [0.2, 0.25) is 0 Å². The summed E-state index contributed by atoms with van der Waals surface area (Å²) in [5.41, 5.74) is 2.21. The molecule has 0 N–H and O–H groups in total. The van der Waals surface area contributed by atoms with Gasteiger partial charge in [0, 0.05) is 12.2 Å². The number of allylic oxidation sites excluding steroid dienone is 1. The summed E-state index contributed by atoms with van der Waals surface area (Å²) in [7, 11) is 0. The van der Waals surface area contributed by atoms with Crippen molar-refractivity contribution in [2.45, 2.75) is 52.1 Å². The molecule has 28 heavy (non-hydrogen) atoms. The van der Waals surface area contributed by atoms with E-state index in [0.29, 0.717) is 24.7 Å². The maximum atomic E-state index is 14.5. The van der Waals surface area contributed by atoms with Gasteiger partial charge < -0.3 is 4.74 Å². The summed E-state index contributed by atoms with van der Waals surface area (Å²) in [6.07, 6.45) is 7.24. The van der Waals surface area contributed by atoms with Crippen molar-refractivity contribution < 1.29 is 17.9 Å². The van der Waals surface area contributed by atoms with E-state index in [1.165, 1.54) is 0 Å². The summed E-state index contributed by atoms with van der Waals surface area (Å²) in [5.74, 6) is -1.22. The third kappa shape index (κ3) is 4.85. The van der Waals surface area contributed by atoms with E-state index in [1.54, 1.807) is 31.2 Å². The number of benzene rings is 2. The maximum absolute atomic E-state index is 14.5. The summed E-state index contributed by atoms with van der Waals surface area (Å²) >= 11 is 0. The van der Waals surface area contributed by atoms with Crippen LogP contribution in [0.25, 0.3) is 6.08 Å². The molecule has 1 saturated carbocycles. The summed E-state index contributed by atoms with van der Waals surface area (Å²) in [4.78, 5) is 0. The topological polar surface area (TPSA) is 9.23 Å². The fourth-order valence-electron chi connectivity index (χ4n) is 3.86. The first-order valence-electron chi connectivity index (χ1n) is 9.98. The van der Waals surface area contributed by atoms with E-state index in [4.69, 9.17) is 4.74 Å². The molecule has 0 aromatic heterocycles. The molecule has 0 spiro atoms. The molecule has 1 nitrogen and oxygen atoms in total. The molecule has 0 heterocycles. The minimum atomic E-state index is -0.792. The first kappa shape index (κ1) is 20.7. The Labute approximate surface area is 165 Å². The Morgan fingerprint density at radius 2 is 1.75 bits per heavy atom. The standard InChI is InChI=1S/C24H27F3O/c1-3-28-15-18-8-13-21(22(25)14-18)19-10-5-17(6-11-19)7-12-20-9-4-16(2)23(26)24(20)27/h4,7-9,12-14,17,19H,3,5-6,10-11,15H2,1-2H3/b12-7+. The number of hydrogen-bond donors (Lipinski definition) is 0. The van der Waals surface area contributed by atoms with Crippen LogP contribution < -0.4 is 0 Å². The molecule has 2 aromatic rings. The Bertz CT molecular complexity index is 836. The van der Waals surface area contributed by atoms with E-state index in [9.17, 15) is 13.2 Å². The second-order valence-corrected chi connectivity index (χ2v) is 7.56. The highest BCUT2D eigenvalue weighted by molar-refractivity contribution is 5.51. The third-order valence-electron chi connectivity index (χ3n) is 5.60. The van der Waals surface area contributed by atoms with Gasteiger partial charge in [0.2, 0.25) is 0 Å². The molecule has 0 unspecified atom stereocenters. The van der Waals surface area contributed by atoms with Crippen LogP contribution in [0, 0.1) is 30.3 Å². The lowest BCUT2D eigenvalue weighted by Gasteiger charge is -2.27. The molecular weight excluding hydrogens is 361 g/mol. The van der Waals surface area contributed by atoms with Crippen molar-refractivity contribution in [1.29, 1.82) is 0 Å². The monoisotopic (exact) mass is 388 g/mol. The number of ether oxygens (including phenoxy) is 1. The fourth-order valence-corrected chi connectivity index (χ4v) is 3.86. The molecule has 3 rings (SSSR count). The molecule has 4 heteroatoms. The van der Waals surface area contributed by atoms with Gasteiger partial charge in [-0.15, -0.1) is 0 Å². The van der Waals surface area contributed by atoms with Crippen LogP contribution >= 0.6 is 0 Å². The van der Waals surface area contributed by atoms with Crippen molar-refractivity contribution >= 4 is 6.08 Å². The van der Waals surface area contributed by atoms with Crippen molar-refractivity contribution in [3.8, 4) is 0 Å². The molecule has 0 radical (unpaired) electrons. The summed E-state index contributed by atoms with van der Waals surface area (Å²) < 4.78 is 47.5. The van der Waals surface area contributed by atoms with Gasteiger partial charge in [0.15, 0.2) is 11.6 Å². The summed E-state index contributed by atoms with van der Waals surface area (Å²) in [6, 6.07) is 8.59. The average Bonchev–Trinajstić information content (AvgIpc) is 2.70. The van der Waals surface area contributed by atoms with Crippen molar-refractivity contribution in [2.75, 3.05) is 6.61 Å². The largest absolute Gasteiger partial charge is 0.377 e. The normalized spacial score (nSPS) is 20.0. The van der Waals surface area contributed by atoms with Gasteiger partial charge in [-0.25, -0.2) is 13.2 Å². The first-order chi connectivity index (χ1) is 13.5. The molecule has 1 aliphatic carbocycles. The first-order valence-corrected chi connectivity index (χ1v) is 9.98. The van der Waals surface area contributed by atoms with Gasteiger partial charge >= 0.3 is 0 Å². The van der Waals surface area contributed by atoms with Gasteiger partial charge in [-0.1, -0.05) is 36.4 Å². The smallest absolute Gasteiger partial charge is 0.166 e. The predicted octanol–water partition coefficient (Wildman–Crippen LogP) is 6.94. The van der Waals surface area contributed by atoms with E-state index < -0.39 is 11.6 Å². The molecule has 0 aliphatic heterocycles. The van der Waals surface area contributed by atoms with Crippen LogP contribution in [-0.2, 0) is 11.3 Å². The second-order valence-electron chi connectivity index (χ2n) is 7.56. The van der Waals surface area contributed by atoms with Gasteiger partial charge in [0.05, 0.1) is 6.61 Å². The van der Waals surface area contributed by atoms with E-state index in [2.05, 4.69) is 0 Å². The minimum absolute atomic E-state index is 0.159. The molecule has 0 atom stereocenters. The van der Waals surface area contributed by atoms with Crippen LogP contribution in [0.5, 0.6) is 0 Å². The molecule has 1 aliphatic rings. The van der Waals surface area contributed by atoms with Gasteiger partial charge in [0.25, 0.3) is 0 Å². The van der Waals surface area contributed by atoms with Gasteiger partial charge in [-0.05, 0) is 74.1 Å². The van der Waals surface area contributed by atoms with Crippen molar-refractivity contribution in [2.24, 2.45) is 5.92 Å². The molecule has 1 fully saturated rings. The minimum Gasteiger partial charge on any atom is -0.377 e. The second kappa shape index (κ2) is 9.42. The molecule has 0 saturated heterocycles. The number of rotatable bonds is 6. The van der Waals surface area contributed by atoms with Crippen LogP contribution in [0.4, 0.5) is 13.2 Å². The highest BCUT2D eigenvalue weighted by Crippen LogP contribution is 2.37. The fraction of sp³-hybridized carbons (Fsp3) is 0.417. The Kier molecular flexibility index (Phi) is 6.95. The number of aryl methyl sites for hydroxylation is 1. The predicted molar refractivity (Wildman–Crippen MR) is 107 cm³/mol. The highest BCUT2D eigenvalue weighted by atomic mass is 19.2. The lowest BCUT2D eigenvalue weighted by Crippen LogP contribution is -2.13. The van der Waals surface area contributed by atoms with E-state index in [0.717, 1.165) is 36.8 Å². The lowest BCUT2D eigenvalue weighted by atomic mass is 9.78. The SMILES string of the molecule is CCOCc1ccc(C2CCC(/C=C/c3ccc(C)c(F)c3F)CC2)c(F)c1. The zero-order valence-corrected chi connectivity index (χ0v) is 16.5. The van der Waals surface area contributed by atoms with Crippen LogP contribution in [0.3, 0.4) is 0 Å². The molecule has 2 aromatic carbocycles. The Hall–Kier alpha value is -2.07. The zero-order valence-electron chi connectivity index (χ0n) is 16.5. The van der Waals surface area contributed by atoms with Crippen molar-refractivity contribution in [1.82, 2.24) is 0 Å². The van der Waals surface area contributed by atoms with Crippen LogP contribution in [-0.4, -0.2) is 6.61 Å². The van der Waals surface area contributed by atoms with Gasteiger partial charge in [-0.2, -0.15) is 0 Å². The Morgan fingerprint density at radius 1 is 1.00 bits per heavy atom. The Balaban J connectivity index is 1.59. The molecular formula is C24H27F3O. The third-order valence-corrected chi connectivity index (χ3v) is 5.60. The van der Waals surface area contributed by atoms with Crippen molar-refractivity contribution in [3.05, 3.63) is 76.1 Å². The zero-order chi connectivity index (χ0) is 20.1. The van der Waals surface area contributed by atoms with Gasteiger partial charge in [0.1, 0.15) is 5.82 Å². The average molecular weight is 388 g/mol. The Morgan fingerprint density at radius 3 is 2.43 bits per heavy atom. The quantitative estimate of drug-likeness (QED) is 0.521. The number of hydrogen-bond acceptors (Lipinski definition) is 1. The highest BCUT2D eigenvalue weighted by Gasteiger charge is 2.23. The van der Waals surface area contributed by atoms with Crippen LogP contribution in [0.1, 0.15) is 60.8 Å². The summed E-state index contributed by atoms with van der Waals surface area (Å²) in [6.45, 7) is 4.51. The molecule has 0 bridgehead atoms. The lowest BCUT2D eigenvalue weighted by molar-refractivity contribution is 0.134. The molecule has 0 amide bonds. The van der Waals surface area contributed by atoms with Crippen LogP contribution in [0.15, 0.2) is 36.4 Å². The van der Waals surface area contributed by atoms with Gasteiger partial charge in [-0.3, -0.25) is 0 Å². The van der Waals surface area contributed by atoms with Crippen molar-refractivity contribution in [3.63, 3.8) is 0 Å². The summed E-state index contributed by atoms with van der Waals surface area (Å²) in [5, 5.41) is 0. The van der Waals surface area contributed by atoms with E-state index >= 15 is 0 Å². The maximum Gasteiger partial charge on any atom is 0.166 e. The van der Waals surface area contributed by atoms with E-state index in [-0.39, 0.29) is 17.3 Å². The van der Waals surface area contributed by atoms with E-state index in [1.807, 2.05) is 25.1 Å². The number of halogens is 3.